The van der Waals surface area contributed by atoms with Gasteiger partial charge in [-0.2, -0.15) is 0 Å². The Bertz CT molecular complexity index is 654. The third-order valence-corrected chi connectivity index (χ3v) is 8.71. The Balaban J connectivity index is 1.46. The van der Waals surface area contributed by atoms with Crippen LogP contribution in [0.1, 0.15) is 20.5 Å². The van der Waals surface area contributed by atoms with E-state index in [1.807, 2.05) is 32.7 Å². The van der Waals surface area contributed by atoms with Gasteiger partial charge in [-0.15, -0.1) is 46.2 Å². The standard InChI is InChI=1S/C16H16N2O2S4/c19-13-9-23-15(11-3-1-7-21-11)17(13)5-6-18-14(20)10-24-16(18)12-4-2-8-22-12/h1-4,7-8,15-16H,5-6,9-10H2. The van der Waals surface area contributed by atoms with Crippen molar-refractivity contribution in [3.05, 3.63) is 44.8 Å². The lowest BCUT2D eigenvalue weighted by Gasteiger charge is -2.28. The van der Waals surface area contributed by atoms with E-state index in [-0.39, 0.29) is 22.6 Å². The maximum absolute atomic E-state index is 12.3. The summed E-state index contributed by atoms with van der Waals surface area (Å²) in [7, 11) is 0. The molecule has 4 heterocycles. The van der Waals surface area contributed by atoms with Gasteiger partial charge in [0.25, 0.3) is 0 Å². The van der Waals surface area contributed by atoms with Gasteiger partial charge in [-0.3, -0.25) is 9.59 Å². The molecule has 0 aliphatic carbocycles. The number of hydrogen-bond acceptors (Lipinski definition) is 6. The number of carbonyl (C=O) groups is 2. The molecule has 8 heteroatoms. The minimum Gasteiger partial charge on any atom is -0.323 e. The van der Waals surface area contributed by atoms with Crippen molar-refractivity contribution >= 4 is 58.0 Å². The number of rotatable bonds is 5. The lowest BCUT2D eigenvalue weighted by atomic mass is 10.3. The molecular formula is C16H16N2O2S4. The van der Waals surface area contributed by atoms with Crippen LogP contribution in [0.5, 0.6) is 0 Å². The van der Waals surface area contributed by atoms with Crippen LogP contribution in [-0.2, 0) is 9.59 Å². The van der Waals surface area contributed by atoms with Gasteiger partial charge in [0.15, 0.2) is 0 Å². The summed E-state index contributed by atoms with van der Waals surface area (Å²) in [4.78, 5) is 30.8. The first kappa shape index (κ1) is 16.5. The van der Waals surface area contributed by atoms with Crippen molar-refractivity contribution in [3.63, 3.8) is 0 Å². The number of hydrogen-bond donors (Lipinski definition) is 0. The largest absolute Gasteiger partial charge is 0.323 e. The first-order valence-corrected chi connectivity index (χ1v) is 11.5. The van der Waals surface area contributed by atoms with Crippen LogP contribution < -0.4 is 0 Å². The molecule has 4 nitrogen and oxygen atoms in total. The number of thioether (sulfide) groups is 2. The molecule has 2 aromatic heterocycles. The van der Waals surface area contributed by atoms with E-state index in [9.17, 15) is 9.59 Å². The summed E-state index contributed by atoms with van der Waals surface area (Å²) in [6, 6.07) is 8.21. The Kier molecular flexibility index (Phi) is 4.89. The van der Waals surface area contributed by atoms with Crippen molar-refractivity contribution in [1.82, 2.24) is 9.80 Å². The van der Waals surface area contributed by atoms with Gasteiger partial charge in [-0.05, 0) is 22.9 Å². The van der Waals surface area contributed by atoms with Crippen LogP contribution in [0.25, 0.3) is 0 Å². The van der Waals surface area contributed by atoms with Gasteiger partial charge >= 0.3 is 0 Å². The fraction of sp³-hybridized carbons (Fsp3) is 0.375. The molecule has 4 rings (SSSR count). The summed E-state index contributed by atoms with van der Waals surface area (Å²) >= 11 is 6.73. The molecule has 0 N–H and O–H groups in total. The van der Waals surface area contributed by atoms with Crippen molar-refractivity contribution in [2.75, 3.05) is 24.6 Å². The summed E-state index contributed by atoms with van der Waals surface area (Å²) in [6.07, 6.45) is 0. The molecule has 2 atom stereocenters. The van der Waals surface area contributed by atoms with E-state index in [1.165, 1.54) is 9.75 Å². The van der Waals surface area contributed by atoms with E-state index in [1.54, 1.807) is 46.2 Å². The van der Waals surface area contributed by atoms with Gasteiger partial charge in [0.05, 0.1) is 11.5 Å². The minimum absolute atomic E-state index is 0.100. The molecule has 2 aromatic rings. The van der Waals surface area contributed by atoms with Crippen LogP contribution in [0, 0.1) is 0 Å². The Hall–Kier alpha value is -0.960. The number of amides is 2. The summed E-state index contributed by atoms with van der Waals surface area (Å²) in [5.74, 6) is 1.40. The quantitative estimate of drug-likeness (QED) is 0.773. The molecular weight excluding hydrogens is 380 g/mol. The summed E-state index contributed by atoms with van der Waals surface area (Å²) in [5.41, 5.74) is 0. The fourth-order valence-electron chi connectivity index (χ4n) is 2.94. The Morgan fingerprint density at radius 2 is 1.29 bits per heavy atom. The zero-order valence-corrected chi connectivity index (χ0v) is 16.1. The summed E-state index contributed by atoms with van der Waals surface area (Å²) in [6.45, 7) is 1.20. The SMILES string of the molecule is O=C1CSC(c2cccs2)N1CCN1C(=O)CSC1c1cccs1. The molecule has 126 valence electrons. The number of thiophene rings is 2. The van der Waals surface area contributed by atoms with Gasteiger partial charge in [-0.1, -0.05) is 12.1 Å². The predicted molar refractivity (Wildman–Crippen MR) is 102 cm³/mol. The molecule has 0 saturated carbocycles. The van der Waals surface area contributed by atoms with E-state index in [0.717, 1.165) is 0 Å². The van der Waals surface area contributed by atoms with Crippen LogP contribution >= 0.6 is 46.2 Å². The smallest absolute Gasteiger partial charge is 0.233 e. The Morgan fingerprint density at radius 1 is 0.833 bits per heavy atom. The van der Waals surface area contributed by atoms with Crippen LogP contribution in [0.15, 0.2) is 35.0 Å². The highest BCUT2D eigenvalue weighted by Gasteiger charge is 2.37. The zero-order chi connectivity index (χ0) is 16.5. The molecule has 0 bridgehead atoms. The molecule has 2 amide bonds. The first-order chi connectivity index (χ1) is 11.7. The Labute approximate surface area is 157 Å². The zero-order valence-electron chi connectivity index (χ0n) is 12.8. The molecule has 0 aromatic carbocycles. The number of carbonyl (C=O) groups excluding carboxylic acids is 2. The van der Waals surface area contributed by atoms with Gasteiger partial charge in [0.1, 0.15) is 10.7 Å². The van der Waals surface area contributed by atoms with Gasteiger partial charge in [0.2, 0.25) is 11.8 Å². The predicted octanol–water partition coefficient (Wildman–Crippen LogP) is 3.66. The topological polar surface area (TPSA) is 40.6 Å². The van der Waals surface area contributed by atoms with Gasteiger partial charge < -0.3 is 9.80 Å². The maximum Gasteiger partial charge on any atom is 0.233 e. The van der Waals surface area contributed by atoms with Gasteiger partial charge in [-0.25, -0.2) is 0 Å². The van der Waals surface area contributed by atoms with Crippen LogP contribution in [-0.4, -0.2) is 46.2 Å². The average molecular weight is 397 g/mol. The molecule has 0 spiro atoms. The highest BCUT2D eigenvalue weighted by molar-refractivity contribution is 8.01. The van der Waals surface area contributed by atoms with Crippen molar-refractivity contribution in [2.24, 2.45) is 0 Å². The molecule has 2 fully saturated rings. The summed E-state index contributed by atoms with van der Waals surface area (Å²) < 4.78 is 0. The minimum atomic E-state index is 0.100. The Morgan fingerprint density at radius 3 is 1.67 bits per heavy atom. The van der Waals surface area contributed by atoms with Crippen LogP contribution in [0.3, 0.4) is 0 Å². The third-order valence-electron chi connectivity index (χ3n) is 4.09. The molecule has 0 radical (unpaired) electrons. The van der Waals surface area contributed by atoms with Crippen molar-refractivity contribution in [3.8, 4) is 0 Å². The molecule has 24 heavy (non-hydrogen) atoms. The lowest BCUT2D eigenvalue weighted by molar-refractivity contribution is -0.132. The van der Waals surface area contributed by atoms with E-state index < -0.39 is 0 Å². The maximum atomic E-state index is 12.3. The summed E-state index contributed by atoms with van der Waals surface area (Å²) in [5, 5.41) is 4.29. The van der Waals surface area contributed by atoms with Gasteiger partial charge in [0, 0.05) is 22.8 Å². The second-order valence-electron chi connectivity index (χ2n) is 5.53. The van der Waals surface area contributed by atoms with Crippen molar-refractivity contribution in [2.45, 2.75) is 10.7 Å². The molecule has 2 unspecified atom stereocenters. The highest BCUT2D eigenvalue weighted by Crippen LogP contribution is 2.42. The second kappa shape index (κ2) is 7.11. The van der Waals surface area contributed by atoms with Crippen molar-refractivity contribution < 1.29 is 9.59 Å². The normalized spacial score (nSPS) is 24.3. The first-order valence-electron chi connectivity index (χ1n) is 7.63. The van der Waals surface area contributed by atoms with Crippen LogP contribution in [0.2, 0.25) is 0 Å². The van der Waals surface area contributed by atoms with Crippen molar-refractivity contribution in [1.29, 1.82) is 0 Å². The fourth-order valence-corrected chi connectivity index (χ4v) is 7.34. The van der Waals surface area contributed by atoms with E-state index >= 15 is 0 Å². The molecule has 2 saturated heterocycles. The highest BCUT2D eigenvalue weighted by atomic mass is 32.2. The van der Waals surface area contributed by atoms with E-state index in [2.05, 4.69) is 12.1 Å². The second-order valence-corrected chi connectivity index (χ2v) is 9.63. The lowest BCUT2D eigenvalue weighted by Crippen LogP contribution is -2.38. The number of nitrogens with zero attached hydrogens (tertiary/aromatic N) is 2. The molecule has 2 aliphatic rings. The molecule has 2 aliphatic heterocycles. The average Bonchev–Trinajstić information content (AvgIpc) is 3.33. The third kappa shape index (κ3) is 3.12. The monoisotopic (exact) mass is 396 g/mol. The van der Waals surface area contributed by atoms with Crippen LogP contribution in [0.4, 0.5) is 0 Å². The van der Waals surface area contributed by atoms with E-state index in [0.29, 0.717) is 24.6 Å². The van der Waals surface area contributed by atoms with E-state index in [4.69, 9.17) is 0 Å².